The molecule has 1 amide bonds. The fraction of sp³-hybridized carbons (Fsp3) is 0.333. The number of benzene rings is 2. The van der Waals surface area contributed by atoms with Crippen molar-refractivity contribution < 1.29 is 19.1 Å². The molecule has 0 bridgehead atoms. The summed E-state index contributed by atoms with van der Waals surface area (Å²) in [5.41, 5.74) is 2.40. The number of aryl methyl sites for hydroxylation is 1. The number of carbonyl (C=O) groups excluding carboxylic acids is 2. The summed E-state index contributed by atoms with van der Waals surface area (Å²) in [7, 11) is 0. The Labute approximate surface area is 154 Å². The van der Waals surface area contributed by atoms with E-state index in [0.717, 1.165) is 12.2 Å². The van der Waals surface area contributed by atoms with Crippen molar-refractivity contribution in [2.45, 2.75) is 26.2 Å². The molecule has 5 heteroatoms. The van der Waals surface area contributed by atoms with E-state index in [4.69, 9.17) is 9.47 Å². The van der Waals surface area contributed by atoms with E-state index in [1.807, 2.05) is 61.5 Å². The van der Waals surface area contributed by atoms with Crippen LogP contribution in [0.15, 0.2) is 54.6 Å². The van der Waals surface area contributed by atoms with E-state index in [1.54, 1.807) is 0 Å². The van der Waals surface area contributed by atoms with Gasteiger partial charge in [0.2, 0.25) is 0 Å². The maximum absolute atomic E-state index is 11.7. The first kappa shape index (κ1) is 19.5. The minimum absolute atomic E-state index is 0.226. The lowest BCUT2D eigenvalue weighted by atomic mass is 10.1. The van der Waals surface area contributed by atoms with E-state index in [2.05, 4.69) is 5.32 Å². The summed E-state index contributed by atoms with van der Waals surface area (Å²) in [6, 6.07) is 17.5. The van der Waals surface area contributed by atoms with Crippen LogP contribution in [0, 0.1) is 6.92 Å². The van der Waals surface area contributed by atoms with Crippen LogP contribution in [-0.4, -0.2) is 31.6 Å². The predicted octanol–water partition coefficient (Wildman–Crippen LogP) is 3.06. The van der Waals surface area contributed by atoms with E-state index >= 15 is 0 Å². The van der Waals surface area contributed by atoms with Crippen molar-refractivity contribution in [1.29, 1.82) is 0 Å². The van der Waals surface area contributed by atoms with Crippen molar-refractivity contribution in [2.75, 3.05) is 19.8 Å². The van der Waals surface area contributed by atoms with E-state index in [-0.39, 0.29) is 18.9 Å². The number of ether oxygens (including phenoxy) is 2. The van der Waals surface area contributed by atoms with Crippen LogP contribution in [0.1, 0.15) is 24.0 Å². The molecule has 0 aliphatic carbocycles. The maximum Gasteiger partial charge on any atom is 0.306 e. The third-order valence-electron chi connectivity index (χ3n) is 3.88. The van der Waals surface area contributed by atoms with Crippen LogP contribution >= 0.6 is 0 Å². The Hall–Kier alpha value is -2.82. The number of amides is 1. The van der Waals surface area contributed by atoms with Crippen LogP contribution in [0.3, 0.4) is 0 Å². The number of rotatable bonds is 10. The van der Waals surface area contributed by atoms with Crippen molar-refractivity contribution in [2.24, 2.45) is 0 Å². The van der Waals surface area contributed by atoms with Crippen LogP contribution in [-0.2, 0) is 20.7 Å². The van der Waals surface area contributed by atoms with Gasteiger partial charge in [-0.3, -0.25) is 9.59 Å². The quantitative estimate of drug-likeness (QED) is 0.525. The second-order valence-electron chi connectivity index (χ2n) is 5.95. The molecule has 2 aromatic carbocycles. The average molecular weight is 355 g/mol. The molecule has 0 radical (unpaired) electrons. The molecular formula is C21H25NO4. The highest BCUT2D eigenvalue weighted by molar-refractivity contribution is 5.80. The molecule has 138 valence electrons. The Morgan fingerprint density at radius 3 is 2.50 bits per heavy atom. The molecule has 0 aromatic heterocycles. The molecule has 0 saturated heterocycles. The van der Waals surface area contributed by atoms with Gasteiger partial charge < -0.3 is 14.8 Å². The Kier molecular flexibility index (Phi) is 8.19. The molecule has 0 atom stereocenters. The third-order valence-corrected chi connectivity index (χ3v) is 3.88. The maximum atomic E-state index is 11.7. The van der Waals surface area contributed by atoms with Crippen LogP contribution in [0.4, 0.5) is 0 Å². The lowest BCUT2D eigenvalue weighted by molar-refractivity contribution is -0.148. The van der Waals surface area contributed by atoms with Gasteiger partial charge in [0.15, 0.2) is 6.61 Å². The van der Waals surface area contributed by atoms with Gasteiger partial charge in [-0.2, -0.15) is 0 Å². The molecule has 0 saturated carbocycles. The van der Waals surface area contributed by atoms with Gasteiger partial charge in [0.1, 0.15) is 5.75 Å². The molecule has 0 heterocycles. The standard InChI is InChI=1S/C21H25NO4/c1-17-8-5-6-9-18(17)13-14-22-20(23)16-26-21(24)12-7-15-25-19-10-3-2-4-11-19/h2-6,8-11H,7,12-16H2,1H3,(H,22,23). The fourth-order valence-electron chi connectivity index (χ4n) is 2.42. The second-order valence-corrected chi connectivity index (χ2v) is 5.95. The highest BCUT2D eigenvalue weighted by Crippen LogP contribution is 2.09. The third kappa shape index (κ3) is 7.38. The minimum atomic E-state index is -0.393. The Balaban J connectivity index is 1.53. The zero-order chi connectivity index (χ0) is 18.6. The van der Waals surface area contributed by atoms with Crippen LogP contribution < -0.4 is 10.1 Å². The number of hydrogen-bond acceptors (Lipinski definition) is 4. The Morgan fingerprint density at radius 2 is 1.73 bits per heavy atom. The van der Waals surface area contributed by atoms with Gasteiger partial charge in [-0.25, -0.2) is 0 Å². The summed E-state index contributed by atoms with van der Waals surface area (Å²) in [5.74, 6) is 0.0945. The van der Waals surface area contributed by atoms with Gasteiger partial charge >= 0.3 is 5.97 Å². The number of hydrogen-bond donors (Lipinski definition) is 1. The number of para-hydroxylation sites is 1. The molecule has 26 heavy (non-hydrogen) atoms. The summed E-state index contributed by atoms with van der Waals surface area (Å²) in [4.78, 5) is 23.4. The summed E-state index contributed by atoms with van der Waals surface area (Å²) in [6.45, 7) is 2.75. The second kappa shape index (κ2) is 10.9. The summed E-state index contributed by atoms with van der Waals surface area (Å²) >= 11 is 0. The minimum Gasteiger partial charge on any atom is -0.494 e. The lowest BCUT2D eigenvalue weighted by Crippen LogP contribution is -2.30. The largest absolute Gasteiger partial charge is 0.494 e. The first-order valence-corrected chi connectivity index (χ1v) is 8.80. The SMILES string of the molecule is Cc1ccccc1CCNC(=O)COC(=O)CCCOc1ccccc1. The van der Waals surface area contributed by atoms with E-state index in [0.29, 0.717) is 19.6 Å². The van der Waals surface area contributed by atoms with E-state index in [9.17, 15) is 9.59 Å². The molecule has 5 nitrogen and oxygen atoms in total. The van der Waals surface area contributed by atoms with Gasteiger partial charge in [0, 0.05) is 13.0 Å². The highest BCUT2D eigenvalue weighted by Gasteiger charge is 2.07. The summed E-state index contributed by atoms with van der Waals surface area (Å²) in [5, 5.41) is 2.76. The zero-order valence-corrected chi connectivity index (χ0v) is 15.1. The number of carbonyl (C=O) groups is 2. The van der Waals surface area contributed by atoms with Crippen molar-refractivity contribution in [1.82, 2.24) is 5.32 Å². The Bertz CT molecular complexity index is 700. The Morgan fingerprint density at radius 1 is 1.00 bits per heavy atom. The molecule has 2 aromatic rings. The number of esters is 1. The normalized spacial score (nSPS) is 10.2. The zero-order valence-electron chi connectivity index (χ0n) is 15.1. The molecule has 0 fully saturated rings. The first-order valence-electron chi connectivity index (χ1n) is 8.80. The van der Waals surface area contributed by atoms with Gasteiger partial charge in [-0.1, -0.05) is 42.5 Å². The van der Waals surface area contributed by atoms with Crippen molar-refractivity contribution in [3.05, 3.63) is 65.7 Å². The fourth-order valence-corrected chi connectivity index (χ4v) is 2.42. The van der Waals surface area contributed by atoms with Gasteiger partial charge in [0.25, 0.3) is 5.91 Å². The summed E-state index contributed by atoms with van der Waals surface area (Å²) in [6.07, 6.45) is 1.52. The van der Waals surface area contributed by atoms with Crippen LogP contribution in [0.5, 0.6) is 5.75 Å². The molecular weight excluding hydrogens is 330 g/mol. The molecule has 0 spiro atoms. The van der Waals surface area contributed by atoms with E-state index in [1.165, 1.54) is 11.1 Å². The van der Waals surface area contributed by atoms with E-state index < -0.39 is 5.97 Å². The van der Waals surface area contributed by atoms with Crippen LogP contribution in [0.2, 0.25) is 0 Å². The molecule has 0 unspecified atom stereocenters. The lowest BCUT2D eigenvalue weighted by Gasteiger charge is -2.08. The first-order chi connectivity index (χ1) is 12.6. The monoisotopic (exact) mass is 355 g/mol. The topological polar surface area (TPSA) is 64.6 Å². The van der Waals surface area contributed by atoms with Crippen LogP contribution in [0.25, 0.3) is 0 Å². The van der Waals surface area contributed by atoms with Crippen molar-refractivity contribution in [3.8, 4) is 5.75 Å². The molecule has 2 rings (SSSR count). The molecule has 1 N–H and O–H groups in total. The molecule has 0 aliphatic rings. The average Bonchev–Trinajstić information content (AvgIpc) is 2.66. The smallest absolute Gasteiger partial charge is 0.306 e. The predicted molar refractivity (Wildman–Crippen MR) is 100 cm³/mol. The number of nitrogens with one attached hydrogen (secondary N) is 1. The molecule has 0 aliphatic heterocycles. The van der Waals surface area contributed by atoms with Crippen molar-refractivity contribution >= 4 is 11.9 Å². The summed E-state index contributed by atoms with van der Waals surface area (Å²) < 4.78 is 10.5. The highest BCUT2D eigenvalue weighted by atomic mass is 16.5. The van der Waals surface area contributed by atoms with Crippen molar-refractivity contribution in [3.63, 3.8) is 0 Å². The van der Waals surface area contributed by atoms with Gasteiger partial charge in [-0.05, 0) is 43.0 Å². The van der Waals surface area contributed by atoms with Gasteiger partial charge in [-0.15, -0.1) is 0 Å². The van der Waals surface area contributed by atoms with Gasteiger partial charge in [0.05, 0.1) is 6.61 Å².